The first-order valence-corrected chi connectivity index (χ1v) is 6.97. The number of nitrogens with zero attached hydrogens (tertiary/aromatic N) is 1. The molecule has 3 rings (SSSR count). The zero-order valence-electron chi connectivity index (χ0n) is 11.9. The third-order valence-electron chi connectivity index (χ3n) is 3.43. The average molecular weight is 279 g/mol. The van der Waals surface area contributed by atoms with E-state index < -0.39 is 6.10 Å². The van der Waals surface area contributed by atoms with Crippen LogP contribution in [0.2, 0.25) is 0 Å². The minimum Gasteiger partial charge on any atom is -0.489 e. The number of pyridine rings is 1. The van der Waals surface area contributed by atoms with Gasteiger partial charge in [0.15, 0.2) is 0 Å². The predicted octanol–water partition coefficient (Wildman–Crippen LogP) is 3.87. The van der Waals surface area contributed by atoms with Crippen molar-refractivity contribution >= 4 is 10.9 Å². The third-order valence-corrected chi connectivity index (χ3v) is 3.43. The molecule has 0 bridgehead atoms. The van der Waals surface area contributed by atoms with Crippen LogP contribution in [0.15, 0.2) is 60.8 Å². The molecule has 0 spiro atoms. The van der Waals surface area contributed by atoms with E-state index in [4.69, 9.17) is 4.74 Å². The topological polar surface area (TPSA) is 42.4 Å². The number of hydrogen-bond acceptors (Lipinski definition) is 3. The Morgan fingerprint density at radius 2 is 1.95 bits per heavy atom. The second kappa shape index (κ2) is 5.94. The molecule has 1 N–H and O–H groups in total. The SMILES string of the molecule is CC(O)c1ccccc1OCc1ccc2ncccc2c1. The molecule has 0 amide bonds. The summed E-state index contributed by atoms with van der Waals surface area (Å²) in [7, 11) is 0. The molecule has 21 heavy (non-hydrogen) atoms. The first kappa shape index (κ1) is 13.6. The molecule has 0 aliphatic rings. The van der Waals surface area contributed by atoms with Crippen LogP contribution in [0.3, 0.4) is 0 Å². The molecule has 0 aliphatic heterocycles. The van der Waals surface area contributed by atoms with E-state index in [2.05, 4.69) is 11.1 Å². The van der Waals surface area contributed by atoms with E-state index in [0.29, 0.717) is 6.61 Å². The van der Waals surface area contributed by atoms with Crippen molar-refractivity contribution in [2.24, 2.45) is 0 Å². The summed E-state index contributed by atoms with van der Waals surface area (Å²) in [6.07, 6.45) is 1.25. The van der Waals surface area contributed by atoms with Crippen LogP contribution in [-0.2, 0) is 6.61 Å². The lowest BCUT2D eigenvalue weighted by atomic mass is 10.1. The molecule has 2 aromatic carbocycles. The van der Waals surface area contributed by atoms with Crippen molar-refractivity contribution < 1.29 is 9.84 Å². The Labute approximate surface area is 123 Å². The van der Waals surface area contributed by atoms with Crippen molar-refractivity contribution in [3.05, 3.63) is 71.9 Å². The van der Waals surface area contributed by atoms with Crippen molar-refractivity contribution in [1.82, 2.24) is 4.98 Å². The van der Waals surface area contributed by atoms with Crippen molar-refractivity contribution in [3.8, 4) is 5.75 Å². The number of benzene rings is 2. The second-order valence-electron chi connectivity index (χ2n) is 5.03. The molecular weight excluding hydrogens is 262 g/mol. The van der Waals surface area contributed by atoms with Gasteiger partial charge in [-0.05, 0) is 36.8 Å². The summed E-state index contributed by atoms with van der Waals surface area (Å²) < 4.78 is 5.85. The molecule has 1 aromatic heterocycles. The largest absolute Gasteiger partial charge is 0.489 e. The van der Waals surface area contributed by atoms with Crippen LogP contribution in [0.5, 0.6) is 5.75 Å². The van der Waals surface area contributed by atoms with Gasteiger partial charge in [-0.25, -0.2) is 0 Å². The van der Waals surface area contributed by atoms with E-state index in [1.165, 1.54) is 0 Å². The molecule has 0 fully saturated rings. The molecule has 1 unspecified atom stereocenters. The van der Waals surface area contributed by atoms with Gasteiger partial charge in [-0.1, -0.05) is 30.3 Å². The fourth-order valence-electron chi connectivity index (χ4n) is 2.33. The van der Waals surface area contributed by atoms with E-state index in [9.17, 15) is 5.11 Å². The number of hydrogen-bond donors (Lipinski definition) is 1. The highest BCUT2D eigenvalue weighted by atomic mass is 16.5. The van der Waals surface area contributed by atoms with E-state index in [1.807, 2.05) is 48.5 Å². The molecule has 1 heterocycles. The summed E-state index contributed by atoms with van der Waals surface area (Å²) >= 11 is 0. The van der Waals surface area contributed by atoms with Gasteiger partial charge in [0.2, 0.25) is 0 Å². The van der Waals surface area contributed by atoms with Crippen LogP contribution in [0.25, 0.3) is 10.9 Å². The highest BCUT2D eigenvalue weighted by molar-refractivity contribution is 5.78. The summed E-state index contributed by atoms with van der Waals surface area (Å²) in [5.41, 5.74) is 2.86. The second-order valence-corrected chi connectivity index (χ2v) is 5.03. The smallest absolute Gasteiger partial charge is 0.125 e. The Hall–Kier alpha value is -2.39. The maximum absolute atomic E-state index is 9.75. The maximum Gasteiger partial charge on any atom is 0.125 e. The van der Waals surface area contributed by atoms with Gasteiger partial charge in [-0.15, -0.1) is 0 Å². The first-order valence-electron chi connectivity index (χ1n) is 6.97. The van der Waals surface area contributed by atoms with Crippen molar-refractivity contribution in [2.45, 2.75) is 19.6 Å². The lowest BCUT2D eigenvalue weighted by Crippen LogP contribution is -2.00. The first-order chi connectivity index (χ1) is 10.2. The Morgan fingerprint density at radius 1 is 1.10 bits per heavy atom. The van der Waals surface area contributed by atoms with Gasteiger partial charge in [0.25, 0.3) is 0 Å². The standard InChI is InChI=1S/C18H17NO2/c1-13(20)16-6-2-3-7-18(16)21-12-14-8-9-17-15(11-14)5-4-10-19-17/h2-11,13,20H,12H2,1H3. The van der Waals surface area contributed by atoms with Crippen LogP contribution in [0.4, 0.5) is 0 Å². The number of aliphatic hydroxyl groups excluding tert-OH is 1. The van der Waals surface area contributed by atoms with Crippen molar-refractivity contribution in [3.63, 3.8) is 0 Å². The zero-order valence-corrected chi connectivity index (χ0v) is 11.9. The van der Waals surface area contributed by atoms with Crippen LogP contribution in [-0.4, -0.2) is 10.1 Å². The van der Waals surface area contributed by atoms with Gasteiger partial charge >= 0.3 is 0 Å². The van der Waals surface area contributed by atoms with E-state index in [0.717, 1.165) is 27.8 Å². The lowest BCUT2D eigenvalue weighted by molar-refractivity contribution is 0.190. The van der Waals surface area contributed by atoms with Gasteiger partial charge in [-0.3, -0.25) is 4.98 Å². The Morgan fingerprint density at radius 3 is 2.81 bits per heavy atom. The number of ether oxygens (including phenoxy) is 1. The lowest BCUT2D eigenvalue weighted by Gasteiger charge is -2.13. The molecule has 3 nitrogen and oxygen atoms in total. The summed E-state index contributed by atoms with van der Waals surface area (Å²) in [6, 6.07) is 17.6. The van der Waals surface area contributed by atoms with Crippen molar-refractivity contribution in [1.29, 1.82) is 0 Å². The van der Waals surface area contributed by atoms with E-state index in [-0.39, 0.29) is 0 Å². The summed E-state index contributed by atoms with van der Waals surface area (Å²) in [4.78, 5) is 4.30. The van der Waals surface area contributed by atoms with Crippen LogP contribution >= 0.6 is 0 Å². The highest BCUT2D eigenvalue weighted by Crippen LogP contribution is 2.25. The summed E-state index contributed by atoms with van der Waals surface area (Å²) in [5, 5.41) is 10.9. The fraction of sp³-hybridized carbons (Fsp3) is 0.167. The molecule has 106 valence electrons. The number of aromatic nitrogens is 1. The van der Waals surface area contributed by atoms with E-state index in [1.54, 1.807) is 13.1 Å². The normalized spacial score (nSPS) is 12.3. The van der Waals surface area contributed by atoms with Gasteiger partial charge in [0, 0.05) is 17.1 Å². The monoisotopic (exact) mass is 279 g/mol. The molecule has 1 atom stereocenters. The summed E-state index contributed by atoms with van der Waals surface area (Å²) in [5.74, 6) is 0.721. The Kier molecular flexibility index (Phi) is 3.84. The minimum atomic E-state index is -0.540. The van der Waals surface area contributed by atoms with Gasteiger partial charge < -0.3 is 9.84 Å². The predicted molar refractivity (Wildman–Crippen MR) is 83.2 cm³/mol. The van der Waals surface area contributed by atoms with Gasteiger partial charge in [0.05, 0.1) is 11.6 Å². The van der Waals surface area contributed by atoms with Gasteiger partial charge in [-0.2, -0.15) is 0 Å². The maximum atomic E-state index is 9.75. The average Bonchev–Trinajstić information content (AvgIpc) is 2.53. The van der Waals surface area contributed by atoms with Crippen LogP contribution in [0, 0.1) is 0 Å². The Balaban J connectivity index is 1.80. The quantitative estimate of drug-likeness (QED) is 0.788. The highest BCUT2D eigenvalue weighted by Gasteiger charge is 2.08. The van der Waals surface area contributed by atoms with Crippen LogP contribution < -0.4 is 4.74 Å². The molecule has 0 radical (unpaired) electrons. The number of para-hydroxylation sites is 1. The molecule has 3 aromatic rings. The minimum absolute atomic E-state index is 0.467. The van der Waals surface area contributed by atoms with Crippen molar-refractivity contribution in [2.75, 3.05) is 0 Å². The number of aliphatic hydroxyl groups is 1. The van der Waals surface area contributed by atoms with E-state index >= 15 is 0 Å². The molecule has 0 saturated carbocycles. The summed E-state index contributed by atoms with van der Waals surface area (Å²) in [6.45, 7) is 2.21. The Bertz CT molecular complexity index is 753. The number of rotatable bonds is 4. The van der Waals surface area contributed by atoms with Crippen LogP contribution in [0.1, 0.15) is 24.2 Å². The third kappa shape index (κ3) is 3.03. The molecule has 0 saturated heterocycles. The molecule has 0 aliphatic carbocycles. The van der Waals surface area contributed by atoms with Gasteiger partial charge in [0.1, 0.15) is 12.4 Å². The molecule has 3 heteroatoms. The fourth-order valence-corrected chi connectivity index (χ4v) is 2.33. The molecular formula is C18H17NO2. The number of fused-ring (bicyclic) bond motifs is 1. The zero-order chi connectivity index (χ0) is 14.7.